The second-order valence-corrected chi connectivity index (χ2v) is 4.75. The molecule has 0 amide bonds. The number of nitrogens with one attached hydrogen (secondary N) is 1. The van der Waals surface area contributed by atoms with Gasteiger partial charge in [0.1, 0.15) is 10.8 Å². The lowest BCUT2D eigenvalue weighted by Gasteiger charge is -2.08. The smallest absolute Gasteiger partial charge is 0.243 e. The first-order valence-electron chi connectivity index (χ1n) is 6.49. The average molecular weight is 293 g/mol. The number of anilines is 1. The molecule has 0 spiro atoms. The van der Waals surface area contributed by atoms with Crippen LogP contribution in [0.3, 0.4) is 0 Å². The predicted molar refractivity (Wildman–Crippen MR) is 80.0 cm³/mol. The molecule has 106 valence electrons. The zero-order chi connectivity index (χ0) is 14.4. The molecule has 1 aromatic heterocycles. The highest BCUT2D eigenvalue weighted by atomic mass is 35.5. The fraction of sp³-hybridized carbons (Fsp3) is 0.286. The van der Waals surface area contributed by atoms with Crippen molar-refractivity contribution in [1.29, 1.82) is 0 Å². The Balaban J connectivity index is 2.09. The Morgan fingerprint density at radius 1 is 1.30 bits per heavy atom. The van der Waals surface area contributed by atoms with Crippen LogP contribution in [0.2, 0.25) is 5.02 Å². The van der Waals surface area contributed by atoms with Crippen molar-refractivity contribution < 1.29 is 4.74 Å². The number of hydrogen-bond donors (Lipinski definition) is 2. The quantitative estimate of drug-likeness (QED) is 0.629. The molecule has 0 saturated heterocycles. The Morgan fingerprint density at radius 3 is 2.70 bits per heavy atom. The van der Waals surface area contributed by atoms with Gasteiger partial charge < -0.3 is 4.74 Å². The van der Waals surface area contributed by atoms with Gasteiger partial charge in [0.05, 0.1) is 6.20 Å². The average Bonchev–Trinajstić information content (AvgIpc) is 2.49. The normalized spacial score (nSPS) is 10.3. The van der Waals surface area contributed by atoms with Crippen molar-refractivity contribution in [2.75, 3.05) is 5.43 Å². The first kappa shape index (κ1) is 14.6. The van der Waals surface area contributed by atoms with Crippen LogP contribution < -0.4 is 16.0 Å². The van der Waals surface area contributed by atoms with Crippen LogP contribution in [-0.4, -0.2) is 9.97 Å². The van der Waals surface area contributed by atoms with Gasteiger partial charge in [-0.15, -0.1) is 0 Å². The van der Waals surface area contributed by atoms with E-state index in [4.69, 9.17) is 22.2 Å². The van der Waals surface area contributed by atoms with Crippen molar-refractivity contribution in [2.45, 2.75) is 26.2 Å². The van der Waals surface area contributed by atoms with Gasteiger partial charge in [0, 0.05) is 0 Å². The van der Waals surface area contributed by atoms with E-state index in [-0.39, 0.29) is 11.8 Å². The Morgan fingerprint density at radius 2 is 2.05 bits per heavy atom. The minimum Gasteiger partial charge on any atom is -0.437 e. The van der Waals surface area contributed by atoms with E-state index in [1.54, 1.807) is 0 Å². The summed E-state index contributed by atoms with van der Waals surface area (Å²) in [5.74, 6) is 6.46. The summed E-state index contributed by atoms with van der Waals surface area (Å²) in [6.07, 6.45) is 4.88. The topological polar surface area (TPSA) is 73.1 Å². The van der Waals surface area contributed by atoms with E-state index in [0.29, 0.717) is 10.8 Å². The maximum Gasteiger partial charge on any atom is 0.243 e. The second-order valence-electron chi connectivity index (χ2n) is 4.34. The van der Waals surface area contributed by atoms with E-state index in [0.717, 1.165) is 6.42 Å². The lowest BCUT2D eigenvalue weighted by molar-refractivity contribution is 0.462. The summed E-state index contributed by atoms with van der Waals surface area (Å²) in [6, 6.07) is 7.89. The number of benzene rings is 1. The maximum absolute atomic E-state index is 5.98. The zero-order valence-electron chi connectivity index (χ0n) is 11.3. The molecule has 2 aromatic rings. The van der Waals surface area contributed by atoms with Crippen molar-refractivity contribution in [3.05, 3.63) is 41.0 Å². The zero-order valence-corrected chi connectivity index (χ0v) is 12.0. The fourth-order valence-electron chi connectivity index (χ4n) is 1.71. The fourth-order valence-corrected chi connectivity index (χ4v) is 1.84. The molecule has 20 heavy (non-hydrogen) atoms. The van der Waals surface area contributed by atoms with Crippen molar-refractivity contribution >= 4 is 17.5 Å². The molecule has 0 fully saturated rings. The molecule has 2 rings (SSSR count). The summed E-state index contributed by atoms with van der Waals surface area (Å²) in [5.41, 5.74) is 3.64. The standard InChI is InChI=1S/C14H17ClN4O/c1-2-3-4-10-5-7-11(8-6-10)20-13-12(15)9-17-14(18-13)19-16/h5-9H,2-4,16H2,1H3,(H,17,18,19). The Hall–Kier alpha value is -1.85. The number of aromatic nitrogens is 2. The number of ether oxygens (including phenoxy) is 1. The molecule has 0 aliphatic carbocycles. The van der Waals surface area contributed by atoms with Gasteiger partial charge in [-0.2, -0.15) is 4.98 Å². The van der Waals surface area contributed by atoms with Crippen molar-refractivity contribution in [3.8, 4) is 11.6 Å². The van der Waals surface area contributed by atoms with Gasteiger partial charge in [-0.3, -0.25) is 5.43 Å². The molecular weight excluding hydrogens is 276 g/mol. The Kier molecular flexibility index (Phi) is 5.15. The van der Waals surface area contributed by atoms with Crippen LogP contribution in [0.1, 0.15) is 25.3 Å². The van der Waals surface area contributed by atoms with Gasteiger partial charge in [0.15, 0.2) is 0 Å². The summed E-state index contributed by atoms with van der Waals surface area (Å²) in [6.45, 7) is 2.18. The molecule has 0 saturated carbocycles. The molecule has 0 atom stereocenters. The maximum atomic E-state index is 5.98. The van der Waals surface area contributed by atoms with Crippen LogP contribution in [0.25, 0.3) is 0 Å². The van der Waals surface area contributed by atoms with Gasteiger partial charge >= 0.3 is 0 Å². The molecule has 1 aromatic carbocycles. The van der Waals surface area contributed by atoms with Crippen LogP contribution in [0.5, 0.6) is 11.6 Å². The highest BCUT2D eigenvalue weighted by Crippen LogP contribution is 2.27. The van der Waals surface area contributed by atoms with Gasteiger partial charge in [0.2, 0.25) is 11.8 Å². The van der Waals surface area contributed by atoms with Crippen molar-refractivity contribution in [1.82, 2.24) is 9.97 Å². The number of aryl methyl sites for hydroxylation is 1. The summed E-state index contributed by atoms with van der Waals surface area (Å²) in [7, 11) is 0. The number of hydrazine groups is 1. The van der Waals surface area contributed by atoms with E-state index in [1.807, 2.05) is 24.3 Å². The minimum absolute atomic E-state index is 0.254. The second kappa shape index (κ2) is 7.07. The van der Waals surface area contributed by atoms with E-state index < -0.39 is 0 Å². The lowest BCUT2D eigenvalue weighted by atomic mass is 10.1. The first-order valence-corrected chi connectivity index (χ1v) is 6.86. The highest BCUT2D eigenvalue weighted by Gasteiger charge is 2.07. The number of nitrogen functional groups attached to an aromatic ring is 1. The Labute approximate surface area is 123 Å². The van der Waals surface area contributed by atoms with Crippen LogP contribution in [0, 0.1) is 0 Å². The summed E-state index contributed by atoms with van der Waals surface area (Å²) in [5, 5.41) is 0.332. The third-order valence-electron chi connectivity index (χ3n) is 2.80. The number of halogens is 1. The molecule has 0 aliphatic heterocycles. The third kappa shape index (κ3) is 3.82. The lowest BCUT2D eigenvalue weighted by Crippen LogP contribution is -2.10. The summed E-state index contributed by atoms with van der Waals surface area (Å²) in [4.78, 5) is 7.94. The van der Waals surface area contributed by atoms with E-state index >= 15 is 0 Å². The number of unbranched alkanes of at least 4 members (excludes halogenated alkanes) is 1. The molecule has 0 radical (unpaired) electrons. The highest BCUT2D eigenvalue weighted by molar-refractivity contribution is 6.31. The van der Waals surface area contributed by atoms with Crippen LogP contribution in [-0.2, 0) is 6.42 Å². The van der Waals surface area contributed by atoms with Gasteiger partial charge in [0.25, 0.3) is 0 Å². The number of hydrogen-bond acceptors (Lipinski definition) is 5. The number of nitrogens with two attached hydrogens (primary N) is 1. The molecule has 1 heterocycles. The van der Waals surface area contributed by atoms with Crippen molar-refractivity contribution in [2.24, 2.45) is 5.84 Å². The van der Waals surface area contributed by atoms with Crippen molar-refractivity contribution in [3.63, 3.8) is 0 Å². The number of rotatable bonds is 6. The van der Waals surface area contributed by atoms with E-state index in [9.17, 15) is 0 Å². The van der Waals surface area contributed by atoms with E-state index in [2.05, 4.69) is 22.3 Å². The summed E-state index contributed by atoms with van der Waals surface area (Å²) < 4.78 is 5.63. The minimum atomic E-state index is 0.254. The molecule has 0 aliphatic rings. The predicted octanol–water partition coefficient (Wildman–Crippen LogP) is 3.55. The molecular formula is C14H17ClN4O. The molecule has 0 unspecified atom stereocenters. The Bertz CT molecular complexity index is 560. The van der Waals surface area contributed by atoms with E-state index in [1.165, 1.54) is 24.6 Å². The third-order valence-corrected chi connectivity index (χ3v) is 3.06. The largest absolute Gasteiger partial charge is 0.437 e. The van der Waals surface area contributed by atoms with Gasteiger partial charge in [-0.05, 0) is 30.5 Å². The molecule has 0 bridgehead atoms. The number of nitrogens with zero attached hydrogens (tertiary/aromatic N) is 2. The molecule has 3 N–H and O–H groups in total. The van der Waals surface area contributed by atoms with Crippen LogP contribution >= 0.6 is 11.6 Å². The van der Waals surface area contributed by atoms with Crippen LogP contribution in [0.4, 0.5) is 5.95 Å². The van der Waals surface area contributed by atoms with Crippen LogP contribution in [0.15, 0.2) is 30.5 Å². The van der Waals surface area contributed by atoms with Gasteiger partial charge in [-0.1, -0.05) is 37.1 Å². The first-order chi connectivity index (χ1) is 9.72. The van der Waals surface area contributed by atoms with Gasteiger partial charge in [-0.25, -0.2) is 10.8 Å². The molecule has 5 nitrogen and oxygen atoms in total. The monoisotopic (exact) mass is 292 g/mol. The SMILES string of the molecule is CCCCc1ccc(Oc2nc(NN)ncc2Cl)cc1. The summed E-state index contributed by atoms with van der Waals surface area (Å²) >= 11 is 5.98. The molecule has 6 heteroatoms.